The van der Waals surface area contributed by atoms with E-state index in [1.165, 1.54) is 20.5 Å². The van der Waals surface area contributed by atoms with Gasteiger partial charge in [0.2, 0.25) is 11.6 Å². The fourth-order valence-corrected chi connectivity index (χ4v) is 1.37. The van der Waals surface area contributed by atoms with Crippen molar-refractivity contribution in [2.24, 2.45) is 0 Å². The molecule has 0 spiro atoms. The van der Waals surface area contributed by atoms with Crippen molar-refractivity contribution >= 4 is 17.3 Å². The lowest BCUT2D eigenvalue weighted by atomic mass is 10.3. The molecule has 0 saturated carbocycles. The average Bonchev–Trinajstić information content (AvgIpc) is 2.37. The first-order valence-corrected chi connectivity index (χ1v) is 5.17. The Kier molecular flexibility index (Phi) is 5.21. The number of methoxy groups -OCH3 is 1. The molecule has 0 aromatic carbocycles. The van der Waals surface area contributed by atoms with Crippen molar-refractivity contribution in [3.8, 4) is 0 Å². The molecular weight excluding hydrogens is 242 g/mol. The maximum absolute atomic E-state index is 11.0. The molecule has 0 radical (unpaired) electrons. The van der Waals surface area contributed by atoms with Crippen LogP contribution in [-0.2, 0) is 4.74 Å². The lowest BCUT2D eigenvalue weighted by molar-refractivity contribution is -0.383. The van der Waals surface area contributed by atoms with Gasteiger partial charge in [0.15, 0.2) is 0 Å². The highest BCUT2D eigenvalue weighted by molar-refractivity contribution is 5.69. The summed E-state index contributed by atoms with van der Waals surface area (Å²) in [5.41, 5.74) is -0.269. The Bertz CT molecular complexity index is 414. The summed E-state index contributed by atoms with van der Waals surface area (Å²) in [5, 5.41) is 25.4. The van der Waals surface area contributed by atoms with Gasteiger partial charge in [-0.3, -0.25) is 10.1 Å². The van der Waals surface area contributed by atoms with Crippen LogP contribution in [0.15, 0.2) is 6.33 Å². The summed E-state index contributed by atoms with van der Waals surface area (Å²) in [6, 6.07) is -0.478. The van der Waals surface area contributed by atoms with Crippen LogP contribution < -0.4 is 10.6 Å². The van der Waals surface area contributed by atoms with Crippen LogP contribution >= 0.6 is 0 Å². The third-order valence-electron chi connectivity index (χ3n) is 2.17. The molecule has 0 bridgehead atoms. The first-order valence-electron chi connectivity index (χ1n) is 5.17. The molecule has 1 aromatic heterocycles. The summed E-state index contributed by atoms with van der Waals surface area (Å²) in [4.78, 5) is 18.0. The number of nitrogens with zero attached hydrogens (tertiary/aromatic N) is 3. The average molecular weight is 257 g/mol. The zero-order chi connectivity index (χ0) is 13.5. The molecule has 1 atom stereocenters. The predicted molar refractivity (Wildman–Crippen MR) is 64.6 cm³/mol. The Morgan fingerprint density at radius 3 is 2.72 bits per heavy atom. The number of aromatic nitrogens is 2. The van der Waals surface area contributed by atoms with Crippen molar-refractivity contribution in [1.29, 1.82) is 0 Å². The smallest absolute Gasteiger partial charge is 0.353 e. The summed E-state index contributed by atoms with van der Waals surface area (Å²) in [6.07, 6.45) is 1.20. The number of anilines is 2. The molecule has 3 N–H and O–H groups in total. The topological polar surface area (TPSA) is 122 Å². The summed E-state index contributed by atoms with van der Waals surface area (Å²) in [7, 11) is 3.00. The monoisotopic (exact) mass is 257 g/mol. The second kappa shape index (κ2) is 6.67. The first kappa shape index (κ1) is 14.1. The van der Waals surface area contributed by atoms with Crippen LogP contribution in [0.3, 0.4) is 0 Å². The minimum Gasteiger partial charge on any atom is -0.394 e. The van der Waals surface area contributed by atoms with E-state index in [-0.39, 0.29) is 30.5 Å². The molecule has 0 aliphatic rings. The van der Waals surface area contributed by atoms with Crippen LogP contribution in [0.1, 0.15) is 0 Å². The lowest BCUT2D eigenvalue weighted by Gasteiger charge is -2.16. The lowest BCUT2D eigenvalue weighted by Crippen LogP contribution is -2.29. The normalized spacial score (nSPS) is 11.9. The molecule has 1 rings (SSSR count). The van der Waals surface area contributed by atoms with Crippen LogP contribution in [0.25, 0.3) is 0 Å². The maximum Gasteiger partial charge on any atom is 0.353 e. The minimum atomic E-state index is -0.588. The first-order chi connectivity index (χ1) is 8.63. The summed E-state index contributed by atoms with van der Waals surface area (Å²) in [6.45, 7) is -0.0313. The number of hydrogen-bond donors (Lipinski definition) is 3. The van der Waals surface area contributed by atoms with Gasteiger partial charge in [0.25, 0.3) is 0 Å². The van der Waals surface area contributed by atoms with Crippen LogP contribution in [0.4, 0.5) is 17.3 Å². The molecule has 9 heteroatoms. The Morgan fingerprint density at radius 1 is 1.56 bits per heavy atom. The quantitative estimate of drug-likeness (QED) is 0.455. The molecule has 0 amide bonds. The van der Waals surface area contributed by atoms with Crippen LogP contribution in [-0.4, -0.2) is 53.4 Å². The van der Waals surface area contributed by atoms with Gasteiger partial charge in [-0.25, -0.2) is 9.97 Å². The SMILES string of the molecule is CNc1ncnc(NC(CO)COC)c1[N+](=O)[O-]. The van der Waals surface area contributed by atoms with E-state index in [4.69, 9.17) is 9.84 Å². The van der Waals surface area contributed by atoms with Crippen molar-refractivity contribution in [1.82, 2.24) is 9.97 Å². The summed E-state index contributed by atoms with van der Waals surface area (Å²) in [5.74, 6) is 0.141. The highest BCUT2D eigenvalue weighted by Gasteiger charge is 2.23. The van der Waals surface area contributed by atoms with Gasteiger partial charge in [-0.15, -0.1) is 0 Å². The standard InChI is InChI=1S/C9H15N5O4/c1-10-8-7(14(16)17)9(12-5-11-8)13-6(3-15)4-18-2/h5-6,15H,3-4H2,1-2H3,(H2,10,11,12,13). The second-order valence-corrected chi connectivity index (χ2v) is 3.41. The van der Waals surface area contributed by atoms with Gasteiger partial charge in [-0.1, -0.05) is 0 Å². The van der Waals surface area contributed by atoms with E-state index in [0.29, 0.717) is 0 Å². The third-order valence-corrected chi connectivity index (χ3v) is 2.17. The fourth-order valence-electron chi connectivity index (χ4n) is 1.37. The molecule has 0 fully saturated rings. The third kappa shape index (κ3) is 3.25. The molecular formula is C9H15N5O4. The van der Waals surface area contributed by atoms with Gasteiger partial charge in [-0.2, -0.15) is 0 Å². The number of nitrogens with one attached hydrogen (secondary N) is 2. The molecule has 0 aliphatic carbocycles. The van der Waals surface area contributed by atoms with Gasteiger partial charge in [0.1, 0.15) is 6.33 Å². The number of ether oxygens (including phenoxy) is 1. The van der Waals surface area contributed by atoms with E-state index in [2.05, 4.69) is 20.6 Å². The highest BCUT2D eigenvalue weighted by Crippen LogP contribution is 2.28. The fraction of sp³-hybridized carbons (Fsp3) is 0.556. The summed E-state index contributed by atoms with van der Waals surface area (Å²) < 4.78 is 4.87. The van der Waals surface area contributed by atoms with Crippen molar-refractivity contribution in [3.63, 3.8) is 0 Å². The summed E-state index contributed by atoms with van der Waals surface area (Å²) >= 11 is 0. The molecule has 100 valence electrons. The Labute approximate surface area is 103 Å². The van der Waals surface area contributed by atoms with Gasteiger partial charge < -0.3 is 20.5 Å². The van der Waals surface area contributed by atoms with Gasteiger partial charge in [0, 0.05) is 14.2 Å². The molecule has 18 heavy (non-hydrogen) atoms. The largest absolute Gasteiger partial charge is 0.394 e. The molecule has 1 unspecified atom stereocenters. The molecule has 0 saturated heterocycles. The molecule has 1 heterocycles. The molecule has 1 aromatic rings. The number of aliphatic hydroxyl groups is 1. The molecule has 9 nitrogen and oxygen atoms in total. The van der Waals surface area contributed by atoms with Gasteiger partial charge in [-0.05, 0) is 0 Å². The minimum absolute atomic E-state index is 0.0375. The highest BCUT2D eigenvalue weighted by atomic mass is 16.6. The van der Waals surface area contributed by atoms with E-state index in [0.717, 1.165) is 0 Å². The number of hydrogen-bond acceptors (Lipinski definition) is 8. The van der Waals surface area contributed by atoms with E-state index >= 15 is 0 Å². The Balaban J connectivity index is 3.03. The van der Waals surface area contributed by atoms with E-state index < -0.39 is 11.0 Å². The maximum atomic E-state index is 11.0. The van der Waals surface area contributed by atoms with E-state index in [9.17, 15) is 10.1 Å². The van der Waals surface area contributed by atoms with Crippen molar-refractivity contribution in [2.75, 3.05) is 38.0 Å². The van der Waals surface area contributed by atoms with Crippen LogP contribution in [0.5, 0.6) is 0 Å². The van der Waals surface area contributed by atoms with E-state index in [1.54, 1.807) is 0 Å². The van der Waals surface area contributed by atoms with Gasteiger partial charge in [0.05, 0.1) is 24.2 Å². The zero-order valence-corrected chi connectivity index (χ0v) is 10.1. The second-order valence-electron chi connectivity index (χ2n) is 3.41. The molecule has 0 aliphatic heterocycles. The Morgan fingerprint density at radius 2 is 2.22 bits per heavy atom. The predicted octanol–water partition coefficient (Wildman–Crippen LogP) is -0.154. The van der Waals surface area contributed by atoms with Gasteiger partial charge >= 0.3 is 5.69 Å². The zero-order valence-electron chi connectivity index (χ0n) is 10.1. The van der Waals surface area contributed by atoms with Crippen LogP contribution in [0, 0.1) is 10.1 Å². The van der Waals surface area contributed by atoms with Crippen molar-refractivity contribution < 1.29 is 14.8 Å². The number of nitro groups is 1. The number of rotatable bonds is 7. The number of aliphatic hydroxyl groups excluding tert-OH is 1. The Hall–Kier alpha value is -2.00. The van der Waals surface area contributed by atoms with Crippen molar-refractivity contribution in [2.45, 2.75) is 6.04 Å². The van der Waals surface area contributed by atoms with Crippen LogP contribution in [0.2, 0.25) is 0 Å². The van der Waals surface area contributed by atoms with E-state index in [1.807, 2.05) is 0 Å². The van der Waals surface area contributed by atoms with Crippen molar-refractivity contribution in [3.05, 3.63) is 16.4 Å².